The van der Waals surface area contributed by atoms with Gasteiger partial charge in [-0.3, -0.25) is 9.89 Å². The number of thioether (sulfide) groups is 1. The Kier molecular flexibility index (Phi) is 6.18. The Morgan fingerprint density at radius 3 is 2.66 bits per heavy atom. The van der Waals surface area contributed by atoms with Gasteiger partial charge in [0.25, 0.3) is 0 Å². The van der Waals surface area contributed by atoms with Gasteiger partial charge < -0.3 is 10.1 Å². The summed E-state index contributed by atoms with van der Waals surface area (Å²) in [7, 11) is -3.50. The normalized spacial score (nSPS) is 17.9. The van der Waals surface area contributed by atoms with Gasteiger partial charge in [-0.2, -0.15) is 4.31 Å². The molecule has 2 fully saturated rings. The van der Waals surface area contributed by atoms with Crippen LogP contribution in [0.3, 0.4) is 0 Å². The van der Waals surface area contributed by atoms with Crippen molar-refractivity contribution in [1.82, 2.24) is 24.8 Å². The number of H-pyrrole nitrogens is 1. The average Bonchev–Trinajstić information content (AvgIpc) is 3.49. The number of hydrogen-bond donors (Lipinski definition) is 2. The summed E-state index contributed by atoms with van der Waals surface area (Å²) in [6.45, 7) is 1.89. The fourth-order valence-electron chi connectivity index (χ4n) is 2.96. The van der Waals surface area contributed by atoms with Crippen LogP contribution in [0.4, 0.5) is 0 Å². The van der Waals surface area contributed by atoms with E-state index >= 15 is 0 Å². The van der Waals surface area contributed by atoms with Gasteiger partial charge in [-0.15, -0.1) is 5.10 Å². The van der Waals surface area contributed by atoms with Crippen molar-refractivity contribution >= 4 is 27.7 Å². The minimum Gasteiger partial charge on any atom is -0.379 e. The lowest BCUT2D eigenvalue weighted by atomic mass is 10.2. The molecule has 1 aliphatic heterocycles. The zero-order valence-corrected chi connectivity index (χ0v) is 17.5. The van der Waals surface area contributed by atoms with Crippen LogP contribution in [-0.2, 0) is 26.1 Å². The average molecular weight is 438 g/mol. The summed E-state index contributed by atoms with van der Waals surface area (Å²) >= 11 is 1.29. The van der Waals surface area contributed by atoms with E-state index in [1.54, 1.807) is 24.3 Å². The van der Waals surface area contributed by atoms with Gasteiger partial charge in [0.05, 0.1) is 23.9 Å². The Labute approximate surface area is 173 Å². The van der Waals surface area contributed by atoms with Gasteiger partial charge in [0.15, 0.2) is 0 Å². The summed E-state index contributed by atoms with van der Waals surface area (Å²) in [6.07, 6.45) is 2.29. The molecular formula is C18H23N5O4S2. The van der Waals surface area contributed by atoms with Gasteiger partial charge in [-0.05, 0) is 30.5 Å². The van der Waals surface area contributed by atoms with Gasteiger partial charge in [-0.25, -0.2) is 13.4 Å². The first-order valence-corrected chi connectivity index (χ1v) is 11.9. The van der Waals surface area contributed by atoms with Crippen molar-refractivity contribution < 1.29 is 17.9 Å². The Balaban J connectivity index is 1.25. The topological polar surface area (TPSA) is 117 Å². The third kappa shape index (κ3) is 5.16. The van der Waals surface area contributed by atoms with Crippen molar-refractivity contribution in [2.75, 3.05) is 32.1 Å². The molecule has 0 radical (unpaired) electrons. The zero-order valence-electron chi connectivity index (χ0n) is 15.8. The standard InChI is InChI=1S/C18H23N5O4S2/c24-16(12-28-18-20-17(21-22-18)14-3-4-14)19-11-13-1-5-15(6-2-13)29(25,26)23-7-9-27-10-8-23/h1-2,5-6,14H,3-4,7-12H2,(H,19,24)(H,20,21,22). The van der Waals surface area contributed by atoms with Crippen LogP contribution in [-0.4, -0.2) is 65.9 Å². The molecule has 11 heteroatoms. The van der Waals surface area contributed by atoms with Crippen LogP contribution in [0.1, 0.15) is 30.1 Å². The van der Waals surface area contributed by atoms with E-state index in [9.17, 15) is 13.2 Å². The number of hydrogen-bond acceptors (Lipinski definition) is 7. The smallest absolute Gasteiger partial charge is 0.243 e. The number of aromatic nitrogens is 3. The fraction of sp³-hybridized carbons (Fsp3) is 0.500. The van der Waals surface area contributed by atoms with Crippen LogP contribution >= 0.6 is 11.8 Å². The third-order valence-corrected chi connectivity index (χ3v) is 7.56. The Morgan fingerprint density at radius 1 is 1.24 bits per heavy atom. The van der Waals surface area contributed by atoms with E-state index in [1.165, 1.54) is 16.1 Å². The minimum absolute atomic E-state index is 0.127. The molecule has 2 aromatic rings. The Hall–Kier alpha value is -1.95. The maximum Gasteiger partial charge on any atom is 0.243 e. The lowest BCUT2D eigenvalue weighted by Gasteiger charge is -2.26. The zero-order chi connectivity index (χ0) is 20.3. The maximum atomic E-state index is 12.6. The molecule has 1 saturated heterocycles. The SMILES string of the molecule is O=C(CSc1n[nH]c(C2CC2)n1)NCc1ccc(S(=O)(=O)N2CCOCC2)cc1. The second-order valence-corrected chi connectivity index (χ2v) is 9.88. The molecule has 0 bridgehead atoms. The van der Waals surface area contributed by atoms with E-state index in [1.807, 2.05) is 0 Å². The Bertz CT molecular complexity index is 951. The molecule has 1 aromatic heterocycles. The number of aromatic amines is 1. The number of amides is 1. The predicted molar refractivity (Wildman–Crippen MR) is 107 cm³/mol. The van der Waals surface area contributed by atoms with Crippen LogP contribution < -0.4 is 5.32 Å². The molecule has 1 aliphatic carbocycles. The van der Waals surface area contributed by atoms with E-state index < -0.39 is 10.0 Å². The summed E-state index contributed by atoms with van der Waals surface area (Å²) in [6, 6.07) is 6.60. The highest BCUT2D eigenvalue weighted by Crippen LogP contribution is 2.38. The van der Waals surface area contributed by atoms with E-state index in [-0.39, 0.29) is 16.6 Å². The maximum absolute atomic E-state index is 12.6. The molecule has 9 nitrogen and oxygen atoms in total. The van der Waals surface area contributed by atoms with Crippen molar-refractivity contribution in [1.29, 1.82) is 0 Å². The first kappa shape index (κ1) is 20.3. The van der Waals surface area contributed by atoms with Crippen LogP contribution in [0.2, 0.25) is 0 Å². The monoisotopic (exact) mass is 437 g/mol. The first-order valence-electron chi connectivity index (χ1n) is 9.51. The lowest BCUT2D eigenvalue weighted by molar-refractivity contribution is -0.118. The number of benzene rings is 1. The molecule has 1 amide bonds. The van der Waals surface area contributed by atoms with E-state index in [0.717, 1.165) is 24.2 Å². The lowest BCUT2D eigenvalue weighted by Crippen LogP contribution is -2.40. The molecule has 2 heterocycles. The van der Waals surface area contributed by atoms with Crippen molar-refractivity contribution in [3.63, 3.8) is 0 Å². The van der Waals surface area contributed by atoms with E-state index in [0.29, 0.717) is 43.9 Å². The summed E-state index contributed by atoms with van der Waals surface area (Å²) in [4.78, 5) is 16.7. The second-order valence-electron chi connectivity index (χ2n) is 7.00. The minimum atomic E-state index is -3.50. The van der Waals surface area contributed by atoms with Crippen molar-refractivity contribution in [2.45, 2.75) is 35.4 Å². The summed E-state index contributed by atoms with van der Waals surface area (Å²) < 4.78 is 31.9. The van der Waals surface area contributed by atoms with Gasteiger partial charge in [0.2, 0.25) is 21.1 Å². The number of nitrogens with zero attached hydrogens (tertiary/aromatic N) is 3. The van der Waals surface area contributed by atoms with Crippen LogP contribution in [0.25, 0.3) is 0 Å². The van der Waals surface area contributed by atoms with Gasteiger partial charge in [-0.1, -0.05) is 23.9 Å². The Morgan fingerprint density at radius 2 is 1.97 bits per heavy atom. The summed E-state index contributed by atoms with van der Waals surface area (Å²) in [5.74, 6) is 1.50. The molecule has 4 rings (SSSR count). The number of ether oxygens (including phenoxy) is 1. The molecule has 0 spiro atoms. The number of morpholine rings is 1. The molecule has 1 saturated carbocycles. The molecular weight excluding hydrogens is 414 g/mol. The van der Waals surface area contributed by atoms with Gasteiger partial charge >= 0.3 is 0 Å². The largest absolute Gasteiger partial charge is 0.379 e. The predicted octanol–water partition coefficient (Wildman–Crippen LogP) is 1.11. The number of carbonyl (C=O) groups excluding carboxylic acids is 1. The molecule has 156 valence electrons. The van der Waals surface area contributed by atoms with Crippen LogP contribution in [0.5, 0.6) is 0 Å². The third-order valence-electron chi connectivity index (χ3n) is 4.80. The molecule has 0 unspecified atom stereocenters. The highest BCUT2D eigenvalue weighted by Gasteiger charge is 2.27. The number of nitrogens with one attached hydrogen (secondary N) is 2. The second kappa shape index (κ2) is 8.82. The summed E-state index contributed by atoms with van der Waals surface area (Å²) in [5, 5.41) is 10.4. The van der Waals surface area contributed by atoms with E-state index in [2.05, 4.69) is 20.5 Å². The van der Waals surface area contributed by atoms with Crippen molar-refractivity contribution in [3.05, 3.63) is 35.7 Å². The van der Waals surface area contributed by atoms with Crippen LogP contribution in [0.15, 0.2) is 34.3 Å². The van der Waals surface area contributed by atoms with Gasteiger partial charge in [0, 0.05) is 25.6 Å². The molecule has 1 aromatic carbocycles. The molecule has 0 atom stereocenters. The van der Waals surface area contributed by atoms with E-state index in [4.69, 9.17) is 4.74 Å². The van der Waals surface area contributed by atoms with Gasteiger partial charge in [0.1, 0.15) is 5.82 Å². The highest BCUT2D eigenvalue weighted by atomic mass is 32.2. The highest BCUT2D eigenvalue weighted by molar-refractivity contribution is 7.99. The molecule has 2 N–H and O–H groups in total. The van der Waals surface area contributed by atoms with Crippen molar-refractivity contribution in [2.24, 2.45) is 0 Å². The quantitative estimate of drug-likeness (QED) is 0.594. The number of rotatable bonds is 8. The number of sulfonamides is 1. The fourth-order valence-corrected chi connectivity index (χ4v) is 5.00. The number of carbonyl (C=O) groups is 1. The van der Waals surface area contributed by atoms with Crippen molar-refractivity contribution in [3.8, 4) is 0 Å². The first-order chi connectivity index (χ1) is 14.0. The summed E-state index contributed by atoms with van der Waals surface area (Å²) in [5.41, 5.74) is 0.832. The molecule has 29 heavy (non-hydrogen) atoms. The van der Waals surface area contributed by atoms with Crippen LogP contribution in [0, 0.1) is 0 Å². The molecule has 2 aliphatic rings.